The number of nitrogens with zero attached hydrogens (tertiary/aromatic N) is 2. The number of hydrogen-bond donors (Lipinski definition) is 0. The zero-order chi connectivity index (χ0) is 17.4. The van der Waals surface area contributed by atoms with Crippen LogP contribution in [0.1, 0.15) is 9.75 Å². The normalized spacial score (nSPS) is 13.0. The quantitative estimate of drug-likeness (QED) is 0.557. The third kappa shape index (κ3) is 3.42. The van der Waals surface area contributed by atoms with Gasteiger partial charge in [0.05, 0.1) is 7.57 Å². The first-order chi connectivity index (χ1) is 11.4. The molecule has 0 spiro atoms. The summed E-state index contributed by atoms with van der Waals surface area (Å²) in [6.07, 6.45) is 3.48. The lowest BCUT2D eigenvalue weighted by atomic mass is 10.3. The Bertz CT molecular complexity index is 1060. The lowest BCUT2D eigenvalue weighted by Crippen LogP contribution is -2.56. The molecule has 0 aromatic carbocycles. The van der Waals surface area contributed by atoms with Crippen LogP contribution in [0.25, 0.3) is 12.2 Å². The van der Waals surface area contributed by atoms with E-state index < -0.39 is 0 Å². The SMILES string of the molecule is Cn1c(=O)/c(=C/c2ccc(Br)s2)n(C)c(=O)/c1=C/c1ccc(Br)s1. The first-order valence-corrected chi connectivity index (χ1v) is 10.1. The molecule has 0 unspecified atom stereocenters. The molecule has 3 aromatic heterocycles. The fraction of sp³-hybridized carbons (Fsp3) is 0.125. The summed E-state index contributed by atoms with van der Waals surface area (Å²) in [6.45, 7) is 0. The fourth-order valence-electron chi connectivity index (χ4n) is 2.25. The Morgan fingerprint density at radius 3 is 1.46 bits per heavy atom. The van der Waals surface area contributed by atoms with Crippen LogP contribution in [-0.4, -0.2) is 9.13 Å². The minimum atomic E-state index is -0.205. The molecule has 0 radical (unpaired) electrons. The Balaban J connectivity index is 2.31. The molecule has 0 saturated carbocycles. The lowest BCUT2D eigenvalue weighted by Gasteiger charge is -2.04. The van der Waals surface area contributed by atoms with Crippen LogP contribution in [0.15, 0.2) is 41.4 Å². The van der Waals surface area contributed by atoms with Crippen molar-refractivity contribution in [3.63, 3.8) is 0 Å². The molecule has 24 heavy (non-hydrogen) atoms. The predicted octanol–water partition coefficient (Wildman–Crippen LogP) is 2.39. The standard InChI is InChI=1S/C16H12Br2N2O2S2/c1-19-11(7-9-3-5-13(17)23-9)16(22)20(2)12(15(19)21)8-10-4-6-14(18)24-10/h3-8H,1-2H3/b11-7-,12-8-. The van der Waals surface area contributed by atoms with Crippen molar-refractivity contribution in [3.05, 3.63) is 73.0 Å². The van der Waals surface area contributed by atoms with Gasteiger partial charge in [0.25, 0.3) is 11.1 Å². The Morgan fingerprint density at radius 1 is 0.792 bits per heavy atom. The molecule has 0 aliphatic carbocycles. The molecule has 0 bridgehead atoms. The third-order valence-corrected chi connectivity index (χ3v) is 6.66. The van der Waals surface area contributed by atoms with Crippen molar-refractivity contribution in [2.75, 3.05) is 0 Å². The second-order valence-corrected chi connectivity index (χ2v) is 10.1. The van der Waals surface area contributed by atoms with Crippen LogP contribution in [0.2, 0.25) is 0 Å². The van der Waals surface area contributed by atoms with Gasteiger partial charge in [0.1, 0.15) is 10.7 Å². The summed E-state index contributed by atoms with van der Waals surface area (Å²) >= 11 is 9.82. The van der Waals surface area contributed by atoms with E-state index in [2.05, 4.69) is 31.9 Å². The number of rotatable bonds is 2. The van der Waals surface area contributed by atoms with Crippen LogP contribution >= 0.6 is 54.5 Å². The van der Waals surface area contributed by atoms with Crippen LogP contribution in [0.5, 0.6) is 0 Å². The average Bonchev–Trinajstić information content (AvgIpc) is 3.14. The molecule has 0 atom stereocenters. The molecule has 8 heteroatoms. The van der Waals surface area contributed by atoms with Gasteiger partial charge in [-0.1, -0.05) is 0 Å². The second-order valence-electron chi connectivity index (χ2n) is 5.07. The molecule has 124 valence electrons. The molecular weight excluding hydrogens is 476 g/mol. The molecule has 4 nitrogen and oxygen atoms in total. The molecule has 0 aliphatic heterocycles. The zero-order valence-electron chi connectivity index (χ0n) is 12.7. The molecule has 3 aromatic rings. The van der Waals surface area contributed by atoms with Crippen molar-refractivity contribution in [1.82, 2.24) is 9.13 Å². The molecule has 0 saturated heterocycles. The Morgan fingerprint density at radius 2 is 1.17 bits per heavy atom. The largest absolute Gasteiger partial charge is 0.305 e. The number of halogens is 2. The van der Waals surface area contributed by atoms with Gasteiger partial charge in [-0.25, -0.2) is 0 Å². The van der Waals surface area contributed by atoms with Gasteiger partial charge in [-0.05, 0) is 68.3 Å². The Labute approximate surface area is 162 Å². The number of hydrogen-bond acceptors (Lipinski definition) is 4. The average molecular weight is 488 g/mol. The molecule has 0 amide bonds. The summed E-state index contributed by atoms with van der Waals surface area (Å²) < 4.78 is 4.77. The molecule has 0 fully saturated rings. The number of thiophene rings is 2. The first-order valence-electron chi connectivity index (χ1n) is 6.87. The highest BCUT2D eigenvalue weighted by molar-refractivity contribution is 9.11. The van der Waals surface area contributed by atoms with Gasteiger partial charge < -0.3 is 9.13 Å². The van der Waals surface area contributed by atoms with Crippen molar-refractivity contribution in [3.8, 4) is 0 Å². The van der Waals surface area contributed by atoms with Crippen molar-refractivity contribution < 1.29 is 0 Å². The van der Waals surface area contributed by atoms with Crippen LogP contribution in [0.4, 0.5) is 0 Å². The van der Waals surface area contributed by atoms with Gasteiger partial charge in [0, 0.05) is 23.8 Å². The maximum atomic E-state index is 12.7. The van der Waals surface area contributed by atoms with Gasteiger partial charge in [0.15, 0.2) is 0 Å². The maximum absolute atomic E-state index is 12.7. The van der Waals surface area contributed by atoms with Gasteiger partial charge in [0.2, 0.25) is 0 Å². The monoisotopic (exact) mass is 486 g/mol. The fourth-order valence-corrected chi connectivity index (χ4v) is 4.97. The van der Waals surface area contributed by atoms with Crippen LogP contribution < -0.4 is 21.8 Å². The van der Waals surface area contributed by atoms with Crippen molar-refractivity contribution in [2.45, 2.75) is 0 Å². The third-order valence-electron chi connectivity index (χ3n) is 3.52. The highest BCUT2D eigenvalue weighted by Crippen LogP contribution is 2.22. The summed E-state index contributed by atoms with van der Waals surface area (Å²) in [5.74, 6) is 0. The van der Waals surface area contributed by atoms with Crippen molar-refractivity contribution in [1.29, 1.82) is 0 Å². The lowest BCUT2D eigenvalue weighted by molar-refractivity contribution is 0.696. The molecular formula is C16H12Br2N2O2S2. The minimum absolute atomic E-state index is 0.205. The van der Waals surface area contributed by atoms with Crippen molar-refractivity contribution in [2.24, 2.45) is 14.1 Å². The van der Waals surface area contributed by atoms with Crippen LogP contribution in [0, 0.1) is 0 Å². The second kappa shape index (κ2) is 6.95. The Hall–Kier alpha value is -1.22. The van der Waals surface area contributed by atoms with E-state index in [0.29, 0.717) is 10.7 Å². The Kier molecular flexibility index (Phi) is 5.10. The van der Waals surface area contributed by atoms with E-state index in [1.165, 1.54) is 31.8 Å². The number of aromatic nitrogens is 2. The van der Waals surface area contributed by atoms with Gasteiger partial charge >= 0.3 is 0 Å². The van der Waals surface area contributed by atoms with Crippen molar-refractivity contribution >= 4 is 66.7 Å². The van der Waals surface area contributed by atoms with Gasteiger partial charge in [-0.2, -0.15) is 0 Å². The van der Waals surface area contributed by atoms with E-state index in [-0.39, 0.29) is 11.1 Å². The minimum Gasteiger partial charge on any atom is -0.305 e. The molecule has 0 N–H and O–H groups in total. The molecule has 3 heterocycles. The highest BCUT2D eigenvalue weighted by Gasteiger charge is 2.07. The maximum Gasteiger partial charge on any atom is 0.274 e. The van der Waals surface area contributed by atoms with Gasteiger partial charge in [-0.3, -0.25) is 9.59 Å². The zero-order valence-corrected chi connectivity index (χ0v) is 17.6. The topological polar surface area (TPSA) is 44.0 Å². The first kappa shape index (κ1) is 17.6. The summed E-state index contributed by atoms with van der Waals surface area (Å²) in [5, 5.41) is 0.725. The summed E-state index contributed by atoms with van der Waals surface area (Å²) in [6, 6.07) is 7.63. The molecule has 3 rings (SSSR count). The summed E-state index contributed by atoms with van der Waals surface area (Å²) in [7, 11) is 3.25. The van der Waals surface area contributed by atoms with E-state index >= 15 is 0 Å². The van der Waals surface area contributed by atoms with Crippen LogP contribution in [-0.2, 0) is 14.1 Å². The van der Waals surface area contributed by atoms with E-state index in [1.807, 2.05) is 24.3 Å². The van der Waals surface area contributed by atoms with E-state index in [0.717, 1.165) is 17.3 Å². The predicted molar refractivity (Wildman–Crippen MR) is 107 cm³/mol. The molecule has 0 aliphatic rings. The van der Waals surface area contributed by atoms with Crippen LogP contribution in [0.3, 0.4) is 0 Å². The van der Waals surface area contributed by atoms with E-state index in [9.17, 15) is 9.59 Å². The summed E-state index contributed by atoms with van der Waals surface area (Å²) in [5.41, 5.74) is -0.410. The van der Waals surface area contributed by atoms with Gasteiger partial charge in [-0.15, -0.1) is 22.7 Å². The van der Waals surface area contributed by atoms with E-state index in [4.69, 9.17) is 0 Å². The van der Waals surface area contributed by atoms with E-state index in [1.54, 1.807) is 26.2 Å². The smallest absolute Gasteiger partial charge is 0.274 e. The summed E-state index contributed by atoms with van der Waals surface area (Å²) in [4.78, 5) is 27.2. The highest BCUT2D eigenvalue weighted by atomic mass is 79.9.